The number of phenols is 1. The molecule has 8 nitrogen and oxygen atoms in total. The maximum atomic E-state index is 12.2. The number of piperidine rings is 1. The Kier molecular flexibility index (Phi) is 6.69. The van der Waals surface area contributed by atoms with Crippen LogP contribution in [0.3, 0.4) is 0 Å². The minimum Gasteiger partial charge on any atom is -0.507 e. The van der Waals surface area contributed by atoms with Crippen molar-refractivity contribution in [1.29, 1.82) is 0 Å². The maximum Gasteiger partial charge on any atom is 0.309 e. The number of hydrogen-bond donors (Lipinski definition) is 1. The summed E-state index contributed by atoms with van der Waals surface area (Å²) in [4.78, 5) is 14.5. The lowest BCUT2D eigenvalue weighted by atomic mass is 9.49. The van der Waals surface area contributed by atoms with E-state index >= 15 is 0 Å². The molecule has 2 aromatic rings. The van der Waals surface area contributed by atoms with E-state index in [1.54, 1.807) is 12.3 Å². The number of ether oxygens (including phenoxy) is 1. The third-order valence-electron chi connectivity index (χ3n) is 9.12. The van der Waals surface area contributed by atoms with Gasteiger partial charge in [0.1, 0.15) is 5.75 Å². The molecule has 0 spiro atoms. The van der Waals surface area contributed by atoms with Crippen LogP contribution in [0.4, 0.5) is 0 Å². The molecule has 5 fully saturated rings. The highest BCUT2D eigenvalue weighted by Gasteiger charge is 2.54. The molecule has 4 bridgehead atoms. The molecule has 2 heterocycles. The standard InChI is InChI=1S/C28H37N5O3S/c1-2-36-25(35)22-7-9-31(10-8-22)18-32-27(37)33(29-17-23-5-3-4-6-24(23)34)26(30-32)28-14-19-11-20(15-28)13-21(12-19)16-28/h3-6,17,19-22,34H,2,7-16,18H2,1H3/b29-17+. The van der Waals surface area contributed by atoms with Crippen molar-refractivity contribution in [3.63, 3.8) is 0 Å². The Bertz CT molecular complexity index is 1210. The van der Waals surface area contributed by atoms with Crippen molar-refractivity contribution in [3.8, 4) is 5.75 Å². The van der Waals surface area contributed by atoms with Crippen molar-refractivity contribution in [1.82, 2.24) is 19.4 Å². The summed E-state index contributed by atoms with van der Waals surface area (Å²) in [5.74, 6) is 3.43. The zero-order valence-corrected chi connectivity index (χ0v) is 22.4. The number of likely N-dealkylation sites (tertiary alicyclic amines) is 1. The van der Waals surface area contributed by atoms with Crippen LogP contribution in [0.5, 0.6) is 5.75 Å². The lowest BCUT2D eigenvalue weighted by molar-refractivity contribution is -0.149. The van der Waals surface area contributed by atoms with Gasteiger partial charge in [0.2, 0.25) is 4.77 Å². The third kappa shape index (κ3) is 4.76. The van der Waals surface area contributed by atoms with E-state index in [4.69, 9.17) is 27.2 Å². The Morgan fingerprint density at radius 2 is 1.81 bits per heavy atom. The van der Waals surface area contributed by atoms with Crippen LogP contribution >= 0.6 is 12.2 Å². The molecule has 37 heavy (non-hydrogen) atoms. The van der Waals surface area contributed by atoms with Crippen molar-refractivity contribution in [3.05, 3.63) is 40.4 Å². The number of carbonyl (C=O) groups is 1. The number of para-hydroxylation sites is 1. The Balaban J connectivity index is 1.29. The van der Waals surface area contributed by atoms with E-state index in [9.17, 15) is 9.90 Å². The molecule has 0 radical (unpaired) electrons. The molecule has 0 atom stereocenters. The van der Waals surface area contributed by atoms with Crippen LogP contribution in [0.25, 0.3) is 0 Å². The number of aromatic hydroxyl groups is 1. The van der Waals surface area contributed by atoms with Gasteiger partial charge >= 0.3 is 5.97 Å². The van der Waals surface area contributed by atoms with E-state index in [0.29, 0.717) is 23.6 Å². The number of hydrogen-bond acceptors (Lipinski definition) is 7. The summed E-state index contributed by atoms with van der Waals surface area (Å²) in [7, 11) is 0. The van der Waals surface area contributed by atoms with Crippen LogP contribution in [-0.2, 0) is 21.6 Å². The predicted octanol–water partition coefficient (Wildman–Crippen LogP) is 4.70. The summed E-state index contributed by atoms with van der Waals surface area (Å²) >= 11 is 5.97. The van der Waals surface area contributed by atoms with Crippen molar-refractivity contribution in [2.75, 3.05) is 19.7 Å². The lowest BCUT2D eigenvalue weighted by Crippen LogP contribution is -2.49. The summed E-state index contributed by atoms with van der Waals surface area (Å²) in [5.41, 5.74) is 0.690. The minimum atomic E-state index is -0.0781. The van der Waals surface area contributed by atoms with Crippen LogP contribution in [-0.4, -0.2) is 56.3 Å². The SMILES string of the molecule is CCOC(=O)C1CCN(Cn2nc(C34CC5CC(CC(C5)C3)C4)n(/N=C/c3ccccc3O)c2=S)CC1. The summed E-state index contributed by atoms with van der Waals surface area (Å²) in [6.45, 7) is 4.50. The highest BCUT2D eigenvalue weighted by Crippen LogP contribution is 2.60. The highest BCUT2D eigenvalue weighted by molar-refractivity contribution is 7.71. The Labute approximate surface area is 223 Å². The molecule has 4 saturated carbocycles. The van der Waals surface area contributed by atoms with Crippen molar-refractivity contribution >= 4 is 24.4 Å². The quantitative estimate of drug-likeness (QED) is 0.322. The van der Waals surface area contributed by atoms with Gasteiger partial charge in [-0.1, -0.05) is 12.1 Å². The average molecular weight is 524 g/mol. The zero-order chi connectivity index (χ0) is 25.6. The monoisotopic (exact) mass is 523 g/mol. The number of carbonyl (C=O) groups excluding carboxylic acids is 1. The first-order valence-electron chi connectivity index (χ1n) is 13.9. The lowest BCUT2D eigenvalue weighted by Gasteiger charge is -2.55. The van der Waals surface area contributed by atoms with E-state index < -0.39 is 0 Å². The second kappa shape index (κ2) is 9.98. The van der Waals surface area contributed by atoms with Gasteiger partial charge in [-0.25, -0.2) is 4.68 Å². The first-order valence-corrected chi connectivity index (χ1v) is 14.3. The Hall–Kier alpha value is -2.52. The predicted molar refractivity (Wildman–Crippen MR) is 143 cm³/mol. The van der Waals surface area contributed by atoms with Gasteiger partial charge in [0, 0.05) is 24.1 Å². The normalized spacial score (nSPS) is 29.8. The number of aromatic nitrogens is 3. The summed E-state index contributed by atoms with van der Waals surface area (Å²) in [6.07, 6.45) is 10.9. The van der Waals surface area contributed by atoms with Crippen LogP contribution in [0.1, 0.15) is 69.7 Å². The highest BCUT2D eigenvalue weighted by atomic mass is 32.1. The molecule has 5 aliphatic rings. The molecule has 0 amide bonds. The Morgan fingerprint density at radius 1 is 1.16 bits per heavy atom. The third-order valence-corrected chi connectivity index (χ3v) is 9.50. The van der Waals surface area contributed by atoms with Gasteiger partial charge in [0.05, 0.1) is 25.4 Å². The van der Waals surface area contributed by atoms with Gasteiger partial charge in [0.25, 0.3) is 0 Å². The number of phenolic OH excluding ortho intramolecular Hbond substituents is 1. The van der Waals surface area contributed by atoms with Gasteiger partial charge in [-0.15, -0.1) is 0 Å². The van der Waals surface area contributed by atoms with Gasteiger partial charge in [0.15, 0.2) is 5.82 Å². The number of benzene rings is 1. The molecular formula is C28H37N5O3S. The fourth-order valence-corrected chi connectivity index (χ4v) is 8.02. The molecule has 7 rings (SSSR count). The molecule has 1 saturated heterocycles. The van der Waals surface area contributed by atoms with E-state index in [-0.39, 0.29) is 23.1 Å². The number of rotatable bonds is 7. The van der Waals surface area contributed by atoms with Gasteiger partial charge in [-0.3, -0.25) is 9.69 Å². The molecule has 0 unspecified atom stereocenters. The van der Waals surface area contributed by atoms with E-state index in [0.717, 1.165) is 49.5 Å². The summed E-state index contributed by atoms with van der Waals surface area (Å²) in [5, 5.41) is 20.3. The molecule has 1 N–H and O–H groups in total. The number of nitrogens with zero attached hydrogens (tertiary/aromatic N) is 5. The van der Waals surface area contributed by atoms with Crippen LogP contribution in [0.15, 0.2) is 29.4 Å². The largest absolute Gasteiger partial charge is 0.507 e. The average Bonchev–Trinajstić information content (AvgIpc) is 3.19. The Morgan fingerprint density at radius 3 is 2.43 bits per heavy atom. The summed E-state index contributed by atoms with van der Waals surface area (Å²) in [6, 6.07) is 7.22. The van der Waals surface area contributed by atoms with Gasteiger partial charge in [-0.2, -0.15) is 14.9 Å². The fraction of sp³-hybridized carbons (Fsp3) is 0.643. The molecule has 9 heteroatoms. The van der Waals surface area contributed by atoms with Crippen molar-refractivity contribution < 1.29 is 14.6 Å². The van der Waals surface area contributed by atoms with Crippen LogP contribution in [0, 0.1) is 28.4 Å². The molecule has 1 aromatic heterocycles. The van der Waals surface area contributed by atoms with Crippen molar-refractivity contribution in [2.24, 2.45) is 28.8 Å². The fourth-order valence-electron chi connectivity index (χ4n) is 7.79. The smallest absolute Gasteiger partial charge is 0.309 e. The van der Waals surface area contributed by atoms with Crippen LogP contribution < -0.4 is 0 Å². The maximum absolute atomic E-state index is 12.2. The molecule has 198 valence electrons. The topological polar surface area (TPSA) is 84.9 Å². The number of esters is 1. The first-order chi connectivity index (χ1) is 17.9. The molecule has 1 aromatic carbocycles. The molecule has 4 aliphatic carbocycles. The molecular weight excluding hydrogens is 486 g/mol. The zero-order valence-electron chi connectivity index (χ0n) is 21.6. The van der Waals surface area contributed by atoms with Crippen molar-refractivity contribution in [2.45, 2.75) is 70.4 Å². The second-order valence-corrected chi connectivity index (χ2v) is 12.1. The summed E-state index contributed by atoms with van der Waals surface area (Å²) < 4.78 is 9.62. The molecule has 1 aliphatic heterocycles. The first kappa shape index (κ1) is 24.8. The van der Waals surface area contributed by atoms with Crippen LogP contribution in [0.2, 0.25) is 0 Å². The van der Waals surface area contributed by atoms with E-state index in [1.165, 1.54) is 38.5 Å². The van der Waals surface area contributed by atoms with E-state index in [1.807, 2.05) is 34.5 Å². The minimum absolute atomic E-state index is 0.0209. The second-order valence-electron chi connectivity index (χ2n) is 11.7. The van der Waals surface area contributed by atoms with Gasteiger partial charge < -0.3 is 9.84 Å². The van der Waals surface area contributed by atoms with E-state index in [2.05, 4.69) is 4.90 Å². The van der Waals surface area contributed by atoms with Gasteiger partial charge in [-0.05, 0) is 100 Å².